The zero-order valence-corrected chi connectivity index (χ0v) is 11.6. The Balaban J connectivity index is 2.50. The molecule has 0 aliphatic rings. The van der Waals surface area contributed by atoms with Crippen LogP contribution in [0.5, 0.6) is 0 Å². The van der Waals surface area contributed by atoms with Crippen LogP contribution in [0.25, 0.3) is 0 Å². The molecule has 1 aromatic carbocycles. The topological polar surface area (TPSA) is 58.6 Å². The Bertz CT molecular complexity index is 444. The predicted octanol–water partition coefficient (Wildman–Crippen LogP) is 1.04. The van der Waals surface area contributed by atoms with Gasteiger partial charge in [-0.2, -0.15) is 0 Å². The number of ether oxygens (including phenoxy) is 1. The molecule has 0 bridgehead atoms. The molecular weight excluding hydrogens is 244 g/mol. The Kier molecular flexibility index (Phi) is 6.02. The van der Waals surface area contributed by atoms with Crippen LogP contribution < -0.4 is 5.32 Å². The van der Waals surface area contributed by atoms with Gasteiger partial charge in [0, 0.05) is 33.6 Å². The third kappa shape index (κ3) is 4.71. The SMILES string of the molecule is COC(=O)c1ccccc1CNCCC(=O)N(C)C. The van der Waals surface area contributed by atoms with Crippen molar-refractivity contribution in [2.45, 2.75) is 13.0 Å². The molecule has 0 radical (unpaired) electrons. The number of carbonyl (C=O) groups excluding carboxylic acids is 2. The fourth-order valence-electron chi connectivity index (χ4n) is 1.63. The molecule has 1 N–H and O–H groups in total. The van der Waals surface area contributed by atoms with E-state index in [9.17, 15) is 9.59 Å². The Morgan fingerprint density at radius 3 is 2.58 bits per heavy atom. The van der Waals surface area contributed by atoms with Gasteiger partial charge < -0.3 is 15.0 Å². The maximum Gasteiger partial charge on any atom is 0.338 e. The molecular formula is C14H20N2O3. The lowest BCUT2D eigenvalue weighted by molar-refractivity contribution is -0.128. The van der Waals surface area contributed by atoms with Crippen molar-refractivity contribution in [2.75, 3.05) is 27.7 Å². The molecule has 104 valence electrons. The highest BCUT2D eigenvalue weighted by Gasteiger charge is 2.10. The second-order valence-electron chi connectivity index (χ2n) is 4.36. The molecule has 5 nitrogen and oxygen atoms in total. The molecule has 0 unspecified atom stereocenters. The van der Waals surface area contributed by atoms with Crippen LogP contribution in [-0.2, 0) is 16.1 Å². The van der Waals surface area contributed by atoms with Gasteiger partial charge in [-0.1, -0.05) is 18.2 Å². The molecule has 0 aliphatic carbocycles. The van der Waals surface area contributed by atoms with Gasteiger partial charge in [0.1, 0.15) is 0 Å². The van der Waals surface area contributed by atoms with Crippen LogP contribution >= 0.6 is 0 Å². The lowest BCUT2D eigenvalue weighted by Gasteiger charge is -2.11. The second-order valence-corrected chi connectivity index (χ2v) is 4.36. The Morgan fingerprint density at radius 1 is 1.26 bits per heavy atom. The monoisotopic (exact) mass is 264 g/mol. The lowest BCUT2D eigenvalue weighted by Crippen LogP contribution is -2.26. The molecule has 0 atom stereocenters. The first-order valence-corrected chi connectivity index (χ1v) is 6.13. The minimum Gasteiger partial charge on any atom is -0.465 e. The summed E-state index contributed by atoms with van der Waals surface area (Å²) in [5.74, 6) is -0.268. The third-order valence-electron chi connectivity index (χ3n) is 2.75. The standard InChI is InChI=1S/C14H20N2O3/c1-16(2)13(17)8-9-15-10-11-6-4-5-7-12(11)14(18)19-3/h4-7,15H,8-10H2,1-3H3. The summed E-state index contributed by atoms with van der Waals surface area (Å²) in [6.45, 7) is 1.11. The number of hydrogen-bond acceptors (Lipinski definition) is 4. The number of hydrogen-bond donors (Lipinski definition) is 1. The molecule has 0 saturated carbocycles. The Labute approximate surface area is 113 Å². The summed E-state index contributed by atoms with van der Waals surface area (Å²) in [5, 5.41) is 3.15. The highest BCUT2D eigenvalue weighted by Crippen LogP contribution is 2.09. The Hall–Kier alpha value is -1.88. The average Bonchev–Trinajstić information content (AvgIpc) is 2.42. The van der Waals surface area contributed by atoms with Gasteiger partial charge in [0.2, 0.25) is 5.91 Å². The van der Waals surface area contributed by atoms with Crippen LogP contribution in [0, 0.1) is 0 Å². The van der Waals surface area contributed by atoms with Crippen molar-refractivity contribution in [2.24, 2.45) is 0 Å². The van der Waals surface area contributed by atoms with E-state index in [0.29, 0.717) is 25.1 Å². The average molecular weight is 264 g/mol. The number of nitrogens with one attached hydrogen (secondary N) is 1. The van der Waals surface area contributed by atoms with E-state index in [-0.39, 0.29) is 11.9 Å². The van der Waals surface area contributed by atoms with E-state index in [1.54, 1.807) is 31.1 Å². The molecule has 19 heavy (non-hydrogen) atoms. The van der Waals surface area contributed by atoms with Gasteiger partial charge in [0.25, 0.3) is 0 Å². The number of rotatable bonds is 6. The Morgan fingerprint density at radius 2 is 1.95 bits per heavy atom. The van der Waals surface area contributed by atoms with Crippen molar-refractivity contribution in [1.82, 2.24) is 10.2 Å². The summed E-state index contributed by atoms with van der Waals surface area (Å²) in [4.78, 5) is 24.5. The van der Waals surface area contributed by atoms with Crippen LogP contribution in [0.15, 0.2) is 24.3 Å². The van der Waals surface area contributed by atoms with Gasteiger partial charge in [0.05, 0.1) is 12.7 Å². The first-order chi connectivity index (χ1) is 9.06. The van der Waals surface area contributed by atoms with Gasteiger partial charge in [-0.05, 0) is 11.6 Å². The smallest absolute Gasteiger partial charge is 0.338 e. The van der Waals surface area contributed by atoms with Crippen molar-refractivity contribution >= 4 is 11.9 Å². The first-order valence-electron chi connectivity index (χ1n) is 6.13. The lowest BCUT2D eigenvalue weighted by atomic mass is 10.1. The number of esters is 1. The van der Waals surface area contributed by atoms with Crippen LogP contribution in [0.1, 0.15) is 22.3 Å². The number of nitrogens with zero attached hydrogens (tertiary/aromatic N) is 1. The van der Waals surface area contributed by atoms with E-state index in [4.69, 9.17) is 4.74 Å². The van der Waals surface area contributed by atoms with Gasteiger partial charge >= 0.3 is 5.97 Å². The van der Waals surface area contributed by atoms with Gasteiger partial charge in [0.15, 0.2) is 0 Å². The summed E-state index contributed by atoms with van der Waals surface area (Å²) in [5.41, 5.74) is 1.42. The molecule has 0 saturated heterocycles. The van der Waals surface area contributed by atoms with Crippen LogP contribution in [-0.4, -0.2) is 44.5 Å². The summed E-state index contributed by atoms with van der Waals surface area (Å²) in [6.07, 6.45) is 0.438. The molecule has 1 rings (SSSR count). The quantitative estimate of drug-likeness (QED) is 0.616. The predicted molar refractivity (Wildman–Crippen MR) is 72.8 cm³/mol. The van der Waals surface area contributed by atoms with Crippen LogP contribution in [0.4, 0.5) is 0 Å². The van der Waals surface area contributed by atoms with Crippen LogP contribution in [0.3, 0.4) is 0 Å². The summed E-state index contributed by atoms with van der Waals surface area (Å²) < 4.78 is 4.73. The van der Waals surface area contributed by atoms with Crippen molar-refractivity contribution < 1.29 is 14.3 Å². The summed E-state index contributed by atoms with van der Waals surface area (Å²) in [6, 6.07) is 7.26. The van der Waals surface area contributed by atoms with Crippen molar-refractivity contribution in [1.29, 1.82) is 0 Å². The second kappa shape index (κ2) is 7.53. The number of amides is 1. The van der Waals surface area contributed by atoms with Crippen molar-refractivity contribution in [3.8, 4) is 0 Å². The third-order valence-corrected chi connectivity index (χ3v) is 2.75. The number of methoxy groups -OCH3 is 1. The fraction of sp³-hybridized carbons (Fsp3) is 0.429. The highest BCUT2D eigenvalue weighted by atomic mass is 16.5. The van der Waals surface area contributed by atoms with Gasteiger partial charge in [-0.25, -0.2) is 4.79 Å². The molecule has 1 amide bonds. The minimum atomic E-state index is -0.346. The zero-order chi connectivity index (χ0) is 14.3. The van der Waals surface area contributed by atoms with Crippen molar-refractivity contribution in [3.05, 3.63) is 35.4 Å². The molecule has 5 heteroatoms. The van der Waals surface area contributed by atoms with E-state index >= 15 is 0 Å². The number of carbonyl (C=O) groups is 2. The zero-order valence-electron chi connectivity index (χ0n) is 11.6. The van der Waals surface area contributed by atoms with Crippen LogP contribution in [0.2, 0.25) is 0 Å². The van der Waals surface area contributed by atoms with E-state index < -0.39 is 0 Å². The largest absolute Gasteiger partial charge is 0.465 e. The van der Waals surface area contributed by atoms with E-state index in [1.807, 2.05) is 12.1 Å². The molecule has 0 fully saturated rings. The van der Waals surface area contributed by atoms with Gasteiger partial charge in [-0.3, -0.25) is 4.79 Å². The normalized spacial score (nSPS) is 10.1. The fourth-order valence-corrected chi connectivity index (χ4v) is 1.63. The molecule has 1 aromatic rings. The van der Waals surface area contributed by atoms with E-state index in [2.05, 4.69) is 5.32 Å². The van der Waals surface area contributed by atoms with E-state index in [1.165, 1.54) is 7.11 Å². The summed E-state index contributed by atoms with van der Waals surface area (Å²) >= 11 is 0. The summed E-state index contributed by atoms with van der Waals surface area (Å²) in [7, 11) is 4.83. The van der Waals surface area contributed by atoms with Crippen molar-refractivity contribution in [3.63, 3.8) is 0 Å². The molecule has 0 heterocycles. The molecule has 0 aromatic heterocycles. The molecule has 0 spiro atoms. The maximum absolute atomic E-state index is 11.6. The highest BCUT2D eigenvalue weighted by molar-refractivity contribution is 5.90. The minimum absolute atomic E-state index is 0.0775. The number of benzene rings is 1. The van der Waals surface area contributed by atoms with Gasteiger partial charge in [-0.15, -0.1) is 0 Å². The molecule has 0 aliphatic heterocycles. The van der Waals surface area contributed by atoms with E-state index in [0.717, 1.165) is 5.56 Å². The first kappa shape index (κ1) is 15.2. The maximum atomic E-state index is 11.6.